The van der Waals surface area contributed by atoms with E-state index in [9.17, 15) is 0 Å². The first-order chi connectivity index (χ1) is 13.3. The van der Waals surface area contributed by atoms with E-state index in [0.29, 0.717) is 6.61 Å². The molecule has 0 aromatic heterocycles. The molecule has 0 bridgehead atoms. The largest absolute Gasteiger partial charge is 0.494 e. The van der Waals surface area contributed by atoms with Gasteiger partial charge in [0.05, 0.1) is 13.2 Å². The van der Waals surface area contributed by atoms with E-state index in [4.69, 9.17) is 9.47 Å². The minimum absolute atomic E-state index is 0.671. The Labute approximate surface area is 162 Å². The van der Waals surface area contributed by atoms with Crippen LogP contribution in [-0.4, -0.2) is 13.2 Å². The summed E-state index contributed by atoms with van der Waals surface area (Å²) < 4.78 is 11.7. The number of nitrogens with one attached hydrogen (secondary N) is 1. The van der Waals surface area contributed by atoms with Gasteiger partial charge < -0.3 is 14.8 Å². The summed E-state index contributed by atoms with van der Waals surface area (Å²) in [6.45, 7) is 4.25. The van der Waals surface area contributed by atoms with Gasteiger partial charge in [0.25, 0.3) is 0 Å². The zero-order valence-electron chi connectivity index (χ0n) is 15.9. The molecule has 0 fully saturated rings. The van der Waals surface area contributed by atoms with Gasteiger partial charge in [-0.15, -0.1) is 0 Å². The van der Waals surface area contributed by atoms with Crippen molar-refractivity contribution in [1.29, 1.82) is 0 Å². The van der Waals surface area contributed by atoms with Crippen molar-refractivity contribution in [2.45, 2.75) is 26.3 Å². The topological polar surface area (TPSA) is 30.5 Å². The lowest BCUT2D eigenvalue weighted by atomic mass is 10.1. The van der Waals surface area contributed by atoms with Crippen molar-refractivity contribution in [1.82, 2.24) is 0 Å². The third-order valence-electron chi connectivity index (χ3n) is 4.27. The van der Waals surface area contributed by atoms with Gasteiger partial charge in [-0.05, 0) is 42.3 Å². The maximum absolute atomic E-state index is 6.03. The number of para-hydroxylation sites is 1. The molecule has 27 heavy (non-hydrogen) atoms. The molecule has 0 saturated carbocycles. The number of rotatable bonds is 10. The summed E-state index contributed by atoms with van der Waals surface area (Å²) in [4.78, 5) is 0. The predicted octanol–water partition coefficient (Wildman–Crippen LogP) is 5.71. The first kappa shape index (κ1) is 18.8. The Morgan fingerprint density at radius 3 is 2.26 bits per heavy atom. The molecule has 3 aromatic rings. The quantitative estimate of drug-likeness (QED) is 0.502. The summed E-state index contributed by atoms with van der Waals surface area (Å²) in [6.07, 6.45) is 1.92. The number of hydrogen-bond donors (Lipinski definition) is 1. The Morgan fingerprint density at radius 2 is 1.48 bits per heavy atom. The van der Waals surface area contributed by atoms with E-state index in [-0.39, 0.29) is 0 Å². The SMILES string of the molecule is CCCOc1ccc(NCc2ccccc2OCCc2ccccc2)cc1. The van der Waals surface area contributed by atoms with Crippen LogP contribution in [0.1, 0.15) is 24.5 Å². The van der Waals surface area contributed by atoms with Gasteiger partial charge in [-0.1, -0.05) is 55.5 Å². The van der Waals surface area contributed by atoms with Crippen molar-refractivity contribution in [3.63, 3.8) is 0 Å². The van der Waals surface area contributed by atoms with Crippen molar-refractivity contribution in [2.24, 2.45) is 0 Å². The molecule has 0 unspecified atom stereocenters. The van der Waals surface area contributed by atoms with E-state index in [0.717, 1.165) is 48.7 Å². The highest BCUT2D eigenvalue weighted by molar-refractivity contribution is 5.48. The van der Waals surface area contributed by atoms with Crippen LogP contribution in [0.3, 0.4) is 0 Å². The fourth-order valence-electron chi connectivity index (χ4n) is 2.80. The fourth-order valence-corrected chi connectivity index (χ4v) is 2.80. The van der Waals surface area contributed by atoms with Crippen molar-refractivity contribution >= 4 is 5.69 Å². The standard InChI is InChI=1S/C24H27NO2/c1-2-17-26-23-14-12-22(13-15-23)25-19-21-10-6-7-11-24(21)27-18-16-20-8-4-3-5-9-20/h3-15,25H,2,16-19H2,1H3. The van der Waals surface area contributed by atoms with E-state index in [1.54, 1.807) is 0 Å². The molecule has 3 heteroatoms. The molecule has 0 amide bonds. The van der Waals surface area contributed by atoms with Crippen molar-refractivity contribution in [3.05, 3.63) is 90.0 Å². The van der Waals surface area contributed by atoms with Crippen LogP contribution in [0.4, 0.5) is 5.69 Å². The molecule has 1 N–H and O–H groups in total. The molecule has 0 heterocycles. The maximum Gasteiger partial charge on any atom is 0.124 e. The van der Waals surface area contributed by atoms with Gasteiger partial charge in [0, 0.05) is 24.2 Å². The molecule has 0 radical (unpaired) electrons. The minimum atomic E-state index is 0.671. The number of benzene rings is 3. The molecule has 0 aliphatic rings. The van der Waals surface area contributed by atoms with Gasteiger partial charge in [-0.25, -0.2) is 0 Å². The van der Waals surface area contributed by atoms with Gasteiger partial charge in [0.1, 0.15) is 11.5 Å². The number of ether oxygens (including phenoxy) is 2. The Bertz CT molecular complexity index is 800. The summed E-state index contributed by atoms with van der Waals surface area (Å²) in [6, 6.07) is 26.7. The first-order valence-electron chi connectivity index (χ1n) is 9.56. The molecule has 3 nitrogen and oxygen atoms in total. The molecule has 0 saturated heterocycles. The van der Waals surface area contributed by atoms with Crippen LogP contribution in [0.5, 0.6) is 11.5 Å². The smallest absolute Gasteiger partial charge is 0.124 e. The summed E-state index contributed by atoms with van der Waals surface area (Å²) in [7, 11) is 0. The molecule has 3 aromatic carbocycles. The molecular weight excluding hydrogens is 334 g/mol. The third kappa shape index (κ3) is 6.07. The average molecular weight is 361 g/mol. The third-order valence-corrected chi connectivity index (χ3v) is 4.27. The van der Waals surface area contributed by atoms with Crippen molar-refractivity contribution in [2.75, 3.05) is 18.5 Å². The average Bonchev–Trinajstić information content (AvgIpc) is 2.73. The Kier molecular flexibility index (Phi) is 7.16. The zero-order chi connectivity index (χ0) is 18.7. The van der Waals surface area contributed by atoms with Crippen LogP contribution in [0, 0.1) is 0 Å². The summed E-state index contributed by atoms with van der Waals surface area (Å²) in [5, 5.41) is 3.46. The Balaban J connectivity index is 1.52. The van der Waals surface area contributed by atoms with Gasteiger partial charge in [-0.3, -0.25) is 0 Å². The fraction of sp³-hybridized carbons (Fsp3) is 0.250. The van der Waals surface area contributed by atoms with Crippen molar-refractivity contribution in [3.8, 4) is 11.5 Å². The molecule has 0 atom stereocenters. The van der Waals surface area contributed by atoms with E-state index in [1.807, 2.05) is 48.5 Å². The summed E-state index contributed by atoms with van der Waals surface area (Å²) in [5.41, 5.74) is 3.51. The van der Waals surface area contributed by atoms with Gasteiger partial charge >= 0.3 is 0 Å². The van der Waals surface area contributed by atoms with Crippen LogP contribution in [0.25, 0.3) is 0 Å². The molecular formula is C24H27NO2. The lowest BCUT2D eigenvalue weighted by Gasteiger charge is -2.13. The van der Waals surface area contributed by atoms with E-state index < -0.39 is 0 Å². The summed E-state index contributed by atoms with van der Waals surface area (Å²) in [5.74, 6) is 1.84. The lowest BCUT2D eigenvalue weighted by Crippen LogP contribution is -2.06. The maximum atomic E-state index is 6.03. The van der Waals surface area contributed by atoms with Crippen molar-refractivity contribution < 1.29 is 9.47 Å². The van der Waals surface area contributed by atoms with Gasteiger partial charge in [0.2, 0.25) is 0 Å². The second-order valence-corrected chi connectivity index (χ2v) is 6.42. The van der Waals surface area contributed by atoms with E-state index in [1.165, 1.54) is 5.56 Å². The second kappa shape index (κ2) is 10.3. The monoisotopic (exact) mass is 361 g/mol. The number of hydrogen-bond acceptors (Lipinski definition) is 3. The normalized spacial score (nSPS) is 10.4. The Hall–Kier alpha value is -2.94. The molecule has 0 aliphatic carbocycles. The van der Waals surface area contributed by atoms with Gasteiger partial charge in [0.15, 0.2) is 0 Å². The van der Waals surface area contributed by atoms with Gasteiger partial charge in [-0.2, -0.15) is 0 Å². The van der Waals surface area contributed by atoms with E-state index >= 15 is 0 Å². The highest BCUT2D eigenvalue weighted by Gasteiger charge is 2.04. The van der Waals surface area contributed by atoms with Crippen LogP contribution in [0.2, 0.25) is 0 Å². The van der Waals surface area contributed by atoms with Crippen LogP contribution < -0.4 is 14.8 Å². The zero-order valence-corrected chi connectivity index (χ0v) is 15.9. The lowest BCUT2D eigenvalue weighted by molar-refractivity contribution is 0.317. The van der Waals surface area contributed by atoms with E-state index in [2.05, 4.69) is 42.6 Å². The predicted molar refractivity (Wildman–Crippen MR) is 112 cm³/mol. The highest BCUT2D eigenvalue weighted by atomic mass is 16.5. The number of anilines is 1. The molecule has 3 rings (SSSR count). The second-order valence-electron chi connectivity index (χ2n) is 6.42. The van der Waals surface area contributed by atoms with Crippen LogP contribution in [-0.2, 0) is 13.0 Å². The molecule has 0 spiro atoms. The Morgan fingerprint density at radius 1 is 0.741 bits per heavy atom. The summed E-state index contributed by atoms with van der Waals surface area (Å²) >= 11 is 0. The molecule has 0 aliphatic heterocycles. The minimum Gasteiger partial charge on any atom is -0.494 e. The highest BCUT2D eigenvalue weighted by Crippen LogP contribution is 2.21. The van der Waals surface area contributed by atoms with Crippen LogP contribution >= 0.6 is 0 Å². The van der Waals surface area contributed by atoms with Crippen LogP contribution in [0.15, 0.2) is 78.9 Å². The molecule has 140 valence electrons. The first-order valence-corrected chi connectivity index (χ1v) is 9.56.